The standard InChI is InChI=1S/C16H25NO3/c1-16(2,3)17-11-14(18)12-20-15(19)10-9-13-7-5-4-6-8-13/h4-8,14,17-18H,9-12H2,1-3H3/t14-/m1/s1. The third kappa shape index (κ3) is 7.92. The molecule has 0 amide bonds. The van der Waals surface area contributed by atoms with E-state index in [9.17, 15) is 9.90 Å². The third-order valence-electron chi connectivity index (χ3n) is 2.77. The molecule has 1 aromatic rings. The lowest BCUT2D eigenvalue weighted by molar-refractivity contribution is -0.146. The highest BCUT2D eigenvalue weighted by atomic mass is 16.5. The highest BCUT2D eigenvalue weighted by molar-refractivity contribution is 5.69. The van der Waals surface area contributed by atoms with Crippen LogP contribution in [-0.4, -0.2) is 35.9 Å². The molecule has 0 aliphatic carbocycles. The normalized spacial score (nSPS) is 13.0. The lowest BCUT2D eigenvalue weighted by atomic mass is 10.1. The zero-order valence-corrected chi connectivity index (χ0v) is 12.6. The van der Waals surface area contributed by atoms with Crippen LogP contribution in [0, 0.1) is 0 Å². The van der Waals surface area contributed by atoms with Crippen molar-refractivity contribution >= 4 is 5.97 Å². The molecule has 0 saturated carbocycles. The van der Waals surface area contributed by atoms with Gasteiger partial charge in [0.05, 0.1) is 0 Å². The lowest BCUT2D eigenvalue weighted by Gasteiger charge is -2.22. The van der Waals surface area contributed by atoms with Crippen molar-refractivity contribution < 1.29 is 14.6 Å². The highest BCUT2D eigenvalue weighted by Gasteiger charge is 2.13. The van der Waals surface area contributed by atoms with Crippen LogP contribution in [0.1, 0.15) is 32.8 Å². The van der Waals surface area contributed by atoms with Crippen molar-refractivity contribution in [2.45, 2.75) is 45.3 Å². The van der Waals surface area contributed by atoms with E-state index in [0.29, 0.717) is 19.4 Å². The first-order valence-corrected chi connectivity index (χ1v) is 6.99. The summed E-state index contributed by atoms with van der Waals surface area (Å²) in [6.07, 6.45) is 0.328. The summed E-state index contributed by atoms with van der Waals surface area (Å²) in [6.45, 7) is 6.51. The molecule has 20 heavy (non-hydrogen) atoms. The molecule has 0 aliphatic rings. The van der Waals surface area contributed by atoms with Crippen molar-refractivity contribution in [3.63, 3.8) is 0 Å². The Kier molecular flexibility index (Phi) is 6.68. The summed E-state index contributed by atoms with van der Waals surface area (Å²) in [6, 6.07) is 9.80. The van der Waals surface area contributed by atoms with Gasteiger partial charge in [0.2, 0.25) is 0 Å². The van der Waals surface area contributed by atoms with E-state index in [1.165, 1.54) is 0 Å². The molecule has 0 fully saturated rings. The maximum absolute atomic E-state index is 11.6. The van der Waals surface area contributed by atoms with Gasteiger partial charge in [0.1, 0.15) is 12.7 Å². The monoisotopic (exact) mass is 279 g/mol. The van der Waals surface area contributed by atoms with E-state index in [1.807, 2.05) is 51.1 Å². The van der Waals surface area contributed by atoms with E-state index >= 15 is 0 Å². The predicted octanol–water partition coefficient (Wildman–Crippen LogP) is 1.91. The molecule has 0 saturated heterocycles. The summed E-state index contributed by atoms with van der Waals surface area (Å²) in [4.78, 5) is 11.6. The van der Waals surface area contributed by atoms with Crippen molar-refractivity contribution in [3.05, 3.63) is 35.9 Å². The van der Waals surface area contributed by atoms with Crippen LogP contribution in [0.2, 0.25) is 0 Å². The number of hydrogen-bond donors (Lipinski definition) is 2. The first kappa shape index (κ1) is 16.7. The number of aliphatic hydroxyl groups is 1. The van der Waals surface area contributed by atoms with Crippen LogP contribution in [0.3, 0.4) is 0 Å². The van der Waals surface area contributed by atoms with Crippen LogP contribution >= 0.6 is 0 Å². The number of carbonyl (C=O) groups is 1. The van der Waals surface area contributed by atoms with Gasteiger partial charge in [-0.1, -0.05) is 30.3 Å². The average Bonchev–Trinajstić information content (AvgIpc) is 2.41. The molecule has 0 aromatic heterocycles. The van der Waals surface area contributed by atoms with Crippen molar-refractivity contribution in [3.8, 4) is 0 Å². The maximum atomic E-state index is 11.6. The number of rotatable bonds is 7. The molecule has 0 aliphatic heterocycles. The van der Waals surface area contributed by atoms with E-state index in [-0.39, 0.29) is 18.1 Å². The van der Waals surface area contributed by atoms with Crippen molar-refractivity contribution in [2.75, 3.05) is 13.2 Å². The highest BCUT2D eigenvalue weighted by Crippen LogP contribution is 2.04. The molecule has 112 valence electrons. The van der Waals surface area contributed by atoms with Gasteiger partial charge in [0, 0.05) is 18.5 Å². The Morgan fingerprint density at radius 1 is 1.30 bits per heavy atom. The first-order chi connectivity index (χ1) is 9.37. The molecule has 0 heterocycles. The molecular formula is C16H25NO3. The van der Waals surface area contributed by atoms with Gasteiger partial charge in [-0.2, -0.15) is 0 Å². The minimum atomic E-state index is -0.671. The van der Waals surface area contributed by atoms with Crippen molar-refractivity contribution in [1.82, 2.24) is 5.32 Å². The van der Waals surface area contributed by atoms with E-state index in [1.54, 1.807) is 0 Å². The summed E-state index contributed by atoms with van der Waals surface area (Å²) in [7, 11) is 0. The number of β-amino-alcohol motifs (C(OH)–C–C–N with tert-alkyl or cyclic N) is 1. The first-order valence-electron chi connectivity index (χ1n) is 6.99. The zero-order valence-electron chi connectivity index (χ0n) is 12.6. The summed E-state index contributed by atoms with van der Waals surface area (Å²) in [5.74, 6) is -0.274. The van der Waals surface area contributed by atoms with Crippen molar-refractivity contribution in [1.29, 1.82) is 0 Å². The SMILES string of the molecule is CC(C)(C)NC[C@@H](O)COC(=O)CCc1ccccc1. The Morgan fingerprint density at radius 2 is 1.95 bits per heavy atom. The number of esters is 1. The molecule has 2 N–H and O–H groups in total. The average molecular weight is 279 g/mol. The number of benzene rings is 1. The second kappa shape index (κ2) is 8.02. The molecule has 0 spiro atoms. The quantitative estimate of drug-likeness (QED) is 0.749. The number of aryl methyl sites for hydroxylation is 1. The summed E-state index contributed by atoms with van der Waals surface area (Å²) >= 11 is 0. The van der Waals surface area contributed by atoms with Crippen molar-refractivity contribution in [2.24, 2.45) is 0 Å². The van der Waals surface area contributed by atoms with Crippen LogP contribution in [0.25, 0.3) is 0 Å². The molecular weight excluding hydrogens is 254 g/mol. The van der Waals surface area contributed by atoms with Gasteiger partial charge in [-0.3, -0.25) is 4.79 Å². The topological polar surface area (TPSA) is 58.6 Å². The number of aliphatic hydroxyl groups excluding tert-OH is 1. The number of carbonyl (C=O) groups excluding carboxylic acids is 1. The second-order valence-electron chi connectivity index (χ2n) is 5.95. The molecule has 1 aromatic carbocycles. The van der Waals surface area contributed by atoms with Crippen LogP contribution in [0.5, 0.6) is 0 Å². The Morgan fingerprint density at radius 3 is 2.55 bits per heavy atom. The Hall–Kier alpha value is -1.39. The van der Waals surface area contributed by atoms with Gasteiger partial charge in [0.25, 0.3) is 0 Å². The Bertz CT molecular complexity index is 398. The van der Waals surface area contributed by atoms with Gasteiger partial charge >= 0.3 is 5.97 Å². The number of ether oxygens (including phenoxy) is 1. The van der Waals surface area contributed by atoms with Crippen LogP contribution in [-0.2, 0) is 16.0 Å². The van der Waals surface area contributed by atoms with E-state index < -0.39 is 6.10 Å². The number of nitrogens with one attached hydrogen (secondary N) is 1. The molecule has 0 bridgehead atoms. The molecule has 1 rings (SSSR count). The van der Waals surface area contributed by atoms with E-state index in [0.717, 1.165) is 5.56 Å². The summed E-state index contributed by atoms with van der Waals surface area (Å²) < 4.78 is 5.06. The van der Waals surface area contributed by atoms with Gasteiger partial charge in [-0.25, -0.2) is 0 Å². The molecule has 1 atom stereocenters. The fourth-order valence-electron chi connectivity index (χ4n) is 1.64. The predicted molar refractivity (Wildman–Crippen MR) is 79.5 cm³/mol. The lowest BCUT2D eigenvalue weighted by Crippen LogP contribution is -2.42. The zero-order chi connectivity index (χ0) is 15.0. The fourth-order valence-corrected chi connectivity index (χ4v) is 1.64. The maximum Gasteiger partial charge on any atom is 0.306 e. The minimum Gasteiger partial charge on any atom is -0.463 e. The number of hydrogen-bond acceptors (Lipinski definition) is 4. The second-order valence-corrected chi connectivity index (χ2v) is 5.95. The molecule has 4 heteroatoms. The van der Waals surface area contributed by atoms with Gasteiger partial charge in [-0.15, -0.1) is 0 Å². The van der Waals surface area contributed by atoms with Gasteiger partial charge in [-0.05, 0) is 32.8 Å². The third-order valence-corrected chi connectivity index (χ3v) is 2.77. The molecule has 0 unspecified atom stereocenters. The smallest absolute Gasteiger partial charge is 0.306 e. The Balaban J connectivity index is 2.16. The van der Waals surface area contributed by atoms with Crippen LogP contribution < -0.4 is 5.32 Å². The van der Waals surface area contributed by atoms with Crippen LogP contribution in [0.15, 0.2) is 30.3 Å². The molecule has 4 nitrogen and oxygen atoms in total. The fraction of sp³-hybridized carbons (Fsp3) is 0.562. The Labute approximate surface area is 121 Å². The largest absolute Gasteiger partial charge is 0.463 e. The molecule has 0 radical (unpaired) electrons. The van der Waals surface area contributed by atoms with E-state index in [2.05, 4.69) is 5.32 Å². The van der Waals surface area contributed by atoms with E-state index in [4.69, 9.17) is 4.74 Å². The summed E-state index contributed by atoms with van der Waals surface area (Å²) in [5, 5.41) is 12.9. The summed E-state index contributed by atoms with van der Waals surface area (Å²) in [5.41, 5.74) is 1.05. The van der Waals surface area contributed by atoms with Crippen LogP contribution in [0.4, 0.5) is 0 Å². The van der Waals surface area contributed by atoms with Gasteiger partial charge in [0.15, 0.2) is 0 Å². The van der Waals surface area contributed by atoms with Gasteiger partial charge < -0.3 is 15.2 Å². The minimum absolute atomic E-state index is 0.0384.